The third kappa shape index (κ3) is 3.20. The average molecular weight is 478 g/mol. The summed E-state index contributed by atoms with van der Waals surface area (Å²) in [6, 6.07) is 37.0. The Morgan fingerprint density at radius 1 is 0.541 bits per heavy atom. The molecule has 0 atom stereocenters. The van der Waals surface area contributed by atoms with Gasteiger partial charge in [0.05, 0.1) is 11.6 Å². The molecule has 0 saturated heterocycles. The summed E-state index contributed by atoms with van der Waals surface area (Å²) in [6.07, 6.45) is 0. The predicted molar refractivity (Wildman–Crippen MR) is 146 cm³/mol. The van der Waals surface area contributed by atoms with Gasteiger partial charge in [0.1, 0.15) is 0 Å². The maximum Gasteiger partial charge on any atom is 0.170 e. The first-order valence-corrected chi connectivity index (χ1v) is 12.4. The van der Waals surface area contributed by atoms with Gasteiger partial charge in [0.25, 0.3) is 0 Å². The van der Waals surface area contributed by atoms with Crippen molar-refractivity contribution in [2.24, 2.45) is 0 Å². The van der Waals surface area contributed by atoms with Crippen molar-refractivity contribution in [1.82, 2.24) is 0 Å². The van der Waals surface area contributed by atoms with E-state index in [1.54, 1.807) is 0 Å². The van der Waals surface area contributed by atoms with Crippen molar-refractivity contribution in [2.75, 3.05) is 0 Å². The van der Waals surface area contributed by atoms with Crippen LogP contribution < -0.4 is 9.47 Å². The number of fused-ring (bicyclic) bond motifs is 5. The Hall–Kier alpha value is -4.81. The van der Waals surface area contributed by atoms with Gasteiger partial charge in [0.2, 0.25) is 0 Å². The topological polar surface area (TPSA) is 42.2 Å². The maximum atomic E-state index is 9.67. The Kier molecular flexibility index (Phi) is 4.55. The van der Waals surface area contributed by atoms with Gasteiger partial charge in [0, 0.05) is 11.0 Å². The fraction of sp³-hybridized carbons (Fsp3) is 0.0882. The number of ether oxygens (including phenoxy) is 2. The summed E-state index contributed by atoms with van der Waals surface area (Å²) in [6.45, 7) is 4.52. The van der Waals surface area contributed by atoms with Gasteiger partial charge in [-0.05, 0) is 69.3 Å². The van der Waals surface area contributed by atoms with Crippen molar-refractivity contribution >= 4 is 0 Å². The second kappa shape index (κ2) is 7.85. The number of nitrogens with zero attached hydrogens (tertiary/aromatic N) is 1. The van der Waals surface area contributed by atoms with E-state index >= 15 is 0 Å². The van der Waals surface area contributed by atoms with E-state index in [9.17, 15) is 5.26 Å². The number of hydrogen-bond donors (Lipinski definition) is 0. The molecule has 7 rings (SSSR count). The zero-order valence-corrected chi connectivity index (χ0v) is 20.6. The highest BCUT2D eigenvalue weighted by Crippen LogP contribution is 2.55. The van der Waals surface area contributed by atoms with E-state index in [1.807, 2.05) is 54.6 Å². The number of benzene rings is 5. The molecule has 3 heteroatoms. The normalized spacial score (nSPS) is 13.8. The second-order valence-corrected chi connectivity index (χ2v) is 10.1. The lowest BCUT2D eigenvalue weighted by molar-refractivity contribution is 0.359. The molecule has 176 valence electrons. The minimum Gasteiger partial charge on any atom is -0.450 e. The van der Waals surface area contributed by atoms with Crippen LogP contribution in [0.2, 0.25) is 0 Å². The molecule has 0 aromatic heterocycles. The van der Waals surface area contributed by atoms with Crippen molar-refractivity contribution < 1.29 is 9.47 Å². The van der Waals surface area contributed by atoms with Crippen molar-refractivity contribution in [1.29, 1.82) is 5.26 Å². The third-order valence-electron chi connectivity index (χ3n) is 7.61. The second-order valence-electron chi connectivity index (χ2n) is 10.1. The van der Waals surface area contributed by atoms with Gasteiger partial charge in [-0.1, -0.05) is 86.6 Å². The van der Waals surface area contributed by atoms with Crippen molar-refractivity contribution in [3.63, 3.8) is 0 Å². The van der Waals surface area contributed by atoms with Crippen LogP contribution in [0.25, 0.3) is 33.4 Å². The lowest BCUT2D eigenvalue weighted by Crippen LogP contribution is -2.15. The van der Waals surface area contributed by atoms with Gasteiger partial charge in [0.15, 0.2) is 23.0 Å². The lowest BCUT2D eigenvalue weighted by atomic mass is 9.82. The Labute approximate surface area is 216 Å². The minimum absolute atomic E-state index is 0.0993. The third-order valence-corrected chi connectivity index (χ3v) is 7.61. The van der Waals surface area contributed by atoms with Gasteiger partial charge in [-0.25, -0.2) is 0 Å². The van der Waals surface area contributed by atoms with Crippen LogP contribution in [0.5, 0.6) is 23.0 Å². The molecule has 2 aliphatic rings. The molecule has 1 aliphatic heterocycles. The van der Waals surface area contributed by atoms with E-state index in [-0.39, 0.29) is 5.41 Å². The quantitative estimate of drug-likeness (QED) is 0.250. The van der Waals surface area contributed by atoms with Gasteiger partial charge in [-0.15, -0.1) is 0 Å². The number of rotatable bonds is 2. The molecule has 0 radical (unpaired) electrons. The van der Waals surface area contributed by atoms with Crippen LogP contribution >= 0.6 is 0 Å². The van der Waals surface area contributed by atoms with Crippen molar-refractivity contribution in [2.45, 2.75) is 19.3 Å². The van der Waals surface area contributed by atoms with Gasteiger partial charge < -0.3 is 9.47 Å². The Morgan fingerprint density at radius 2 is 1.16 bits per heavy atom. The zero-order chi connectivity index (χ0) is 25.1. The molecule has 0 N–H and O–H groups in total. The molecule has 1 aliphatic carbocycles. The molecule has 0 spiro atoms. The molecule has 0 fully saturated rings. The number of hydrogen-bond acceptors (Lipinski definition) is 3. The highest BCUT2D eigenvalue weighted by Gasteiger charge is 2.37. The Balaban J connectivity index is 1.31. The largest absolute Gasteiger partial charge is 0.450 e. The van der Waals surface area contributed by atoms with Crippen LogP contribution in [-0.2, 0) is 5.41 Å². The molecule has 0 bridgehead atoms. The summed E-state index contributed by atoms with van der Waals surface area (Å²) < 4.78 is 12.8. The Bertz CT molecular complexity index is 1770. The molecule has 5 aromatic carbocycles. The fourth-order valence-corrected chi connectivity index (χ4v) is 5.73. The van der Waals surface area contributed by atoms with Crippen molar-refractivity contribution in [3.05, 3.63) is 120 Å². The highest BCUT2D eigenvalue weighted by atomic mass is 16.6. The molecular formula is C34H23NO2. The Morgan fingerprint density at radius 3 is 1.97 bits per heavy atom. The highest BCUT2D eigenvalue weighted by molar-refractivity contribution is 5.87. The molecule has 0 unspecified atom stereocenters. The molecule has 37 heavy (non-hydrogen) atoms. The van der Waals surface area contributed by atoms with E-state index < -0.39 is 0 Å². The van der Waals surface area contributed by atoms with E-state index in [2.05, 4.69) is 68.4 Å². The number of nitriles is 1. The lowest BCUT2D eigenvalue weighted by Gasteiger charge is -2.25. The molecule has 3 nitrogen and oxygen atoms in total. The fourth-order valence-electron chi connectivity index (χ4n) is 5.73. The zero-order valence-electron chi connectivity index (χ0n) is 20.6. The average Bonchev–Trinajstić information content (AvgIpc) is 3.16. The summed E-state index contributed by atoms with van der Waals surface area (Å²) in [5, 5.41) is 9.67. The SMILES string of the molecule is CC1(C)c2ccccc2-c2cc3c(cc21)Oc1ccc(-c2ccccc2-c2ccccc2C#N)cc1O3. The van der Waals surface area contributed by atoms with Gasteiger partial charge in [-0.2, -0.15) is 5.26 Å². The van der Waals surface area contributed by atoms with Crippen LogP contribution in [0.15, 0.2) is 103 Å². The van der Waals surface area contributed by atoms with Crippen LogP contribution in [0.1, 0.15) is 30.5 Å². The molecule has 0 amide bonds. The standard InChI is InChI=1S/C34H23NO2/c1-34(2)28-14-8-7-13-26(28)27-18-32-33(19-29(27)34)36-30-16-15-21(17-31(30)37-32)23-10-5-6-12-25(23)24-11-4-3-9-22(24)20-35/h3-19H,1-2H3. The van der Waals surface area contributed by atoms with Crippen LogP contribution in [-0.4, -0.2) is 0 Å². The van der Waals surface area contributed by atoms with Crippen LogP contribution in [0.4, 0.5) is 0 Å². The summed E-state index contributed by atoms with van der Waals surface area (Å²) in [5.41, 5.74) is 9.53. The summed E-state index contributed by atoms with van der Waals surface area (Å²) in [5.74, 6) is 2.83. The summed E-state index contributed by atoms with van der Waals surface area (Å²) >= 11 is 0. The molecular weight excluding hydrogens is 454 g/mol. The minimum atomic E-state index is -0.0993. The van der Waals surface area contributed by atoms with E-state index in [1.165, 1.54) is 22.3 Å². The first kappa shape index (κ1) is 21.5. The van der Waals surface area contributed by atoms with Gasteiger partial charge >= 0.3 is 0 Å². The first-order valence-electron chi connectivity index (χ1n) is 12.4. The van der Waals surface area contributed by atoms with Gasteiger partial charge in [-0.3, -0.25) is 0 Å². The smallest absolute Gasteiger partial charge is 0.170 e. The summed E-state index contributed by atoms with van der Waals surface area (Å²) in [4.78, 5) is 0. The van der Waals surface area contributed by atoms with Crippen LogP contribution in [0, 0.1) is 11.3 Å². The van der Waals surface area contributed by atoms with Crippen molar-refractivity contribution in [3.8, 4) is 62.4 Å². The monoisotopic (exact) mass is 477 g/mol. The molecule has 5 aromatic rings. The predicted octanol–water partition coefficient (Wildman–Crippen LogP) is 9.10. The molecule has 1 heterocycles. The first-order chi connectivity index (χ1) is 18.0. The molecule has 0 saturated carbocycles. The van der Waals surface area contributed by atoms with E-state index in [4.69, 9.17) is 9.47 Å². The summed E-state index contributed by atoms with van der Waals surface area (Å²) in [7, 11) is 0. The maximum absolute atomic E-state index is 9.67. The van der Waals surface area contributed by atoms with E-state index in [0.717, 1.165) is 33.8 Å². The van der Waals surface area contributed by atoms with Crippen LogP contribution in [0.3, 0.4) is 0 Å². The van der Waals surface area contributed by atoms with E-state index in [0.29, 0.717) is 17.1 Å².